The first-order valence-electron chi connectivity index (χ1n) is 6.34. The van der Waals surface area contributed by atoms with Crippen molar-refractivity contribution in [3.8, 4) is 0 Å². The van der Waals surface area contributed by atoms with Crippen LogP contribution in [-0.4, -0.2) is 11.9 Å². The summed E-state index contributed by atoms with van der Waals surface area (Å²) in [5.41, 5.74) is 2.28. The zero-order chi connectivity index (χ0) is 12.5. The van der Waals surface area contributed by atoms with Crippen LogP contribution < -0.4 is 5.32 Å². The molecule has 1 aliphatic carbocycles. The first-order valence-corrected chi connectivity index (χ1v) is 6.34. The van der Waals surface area contributed by atoms with Crippen LogP contribution in [0.2, 0.25) is 0 Å². The van der Waals surface area contributed by atoms with Crippen LogP contribution in [-0.2, 0) is 0 Å². The zero-order valence-electron chi connectivity index (χ0n) is 10.9. The molecule has 17 heavy (non-hydrogen) atoms. The van der Waals surface area contributed by atoms with Gasteiger partial charge in [0.15, 0.2) is 0 Å². The van der Waals surface area contributed by atoms with E-state index >= 15 is 0 Å². The summed E-state index contributed by atoms with van der Waals surface area (Å²) in [5, 5.41) is 3.14. The van der Waals surface area contributed by atoms with Crippen LogP contribution >= 0.6 is 0 Å². The molecule has 0 spiro atoms. The van der Waals surface area contributed by atoms with E-state index in [0.29, 0.717) is 11.5 Å². The first-order chi connectivity index (χ1) is 7.96. The van der Waals surface area contributed by atoms with Crippen molar-refractivity contribution < 1.29 is 4.79 Å². The quantitative estimate of drug-likeness (QED) is 0.831. The normalized spacial score (nSPS) is 22.4. The molecule has 1 N–H and O–H groups in total. The Kier molecular flexibility index (Phi) is 3.23. The van der Waals surface area contributed by atoms with Crippen molar-refractivity contribution in [2.75, 3.05) is 0 Å². The lowest BCUT2D eigenvalue weighted by atomic mass is 9.92. The van der Waals surface area contributed by atoms with Gasteiger partial charge in [-0.05, 0) is 43.7 Å². The Bertz CT molecular complexity index is 423. The van der Waals surface area contributed by atoms with E-state index in [-0.39, 0.29) is 5.91 Å². The number of benzene rings is 1. The van der Waals surface area contributed by atoms with E-state index in [4.69, 9.17) is 0 Å². The SMILES string of the molecule is Cc1cccc(C(=O)NC2CCC(C)(C)C2)c1. The second-order valence-electron chi connectivity index (χ2n) is 5.95. The third-order valence-corrected chi connectivity index (χ3v) is 3.58. The molecule has 1 amide bonds. The Morgan fingerprint density at radius 2 is 2.18 bits per heavy atom. The molecule has 0 saturated heterocycles. The molecule has 0 aliphatic heterocycles. The fourth-order valence-corrected chi connectivity index (χ4v) is 2.61. The molecular weight excluding hydrogens is 210 g/mol. The van der Waals surface area contributed by atoms with Crippen LogP contribution in [0.1, 0.15) is 49.0 Å². The van der Waals surface area contributed by atoms with Gasteiger partial charge in [-0.25, -0.2) is 0 Å². The third-order valence-electron chi connectivity index (χ3n) is 3.58. The fraction of sp³-hybridized carbons (Fsp3) is 0.533. The second-order valence-corrected chi connectivity index (χ2v) is 5.95. The zero-order valence-corrected chi connectivity index (χ0v) is 10.9. The number of hydrogen-bond acceptors (Lipinski definition) is 1. The van der Waals surface area contributed by atoms with Gasteiger partial charge in [0.25, 0.3) is 5.91 Å². The van der Waals surface area contributed by atoms with Crippen molar-refractivity contribution in [3.63, 3.8) is 0 Å². The summed E-state index contributed by atoms with van der Waals surface area (Å²) >= 11 is 0. The maximum Gasteiger partial charge on any atom is 0.251 e. The number of carbonyl (C=O) groups is 1. The van der Waals surface area contributed by atoms with E-state index in [2.05, 4.69) is 19.2 Å². The Hall–Kier alpha value is -1.31. The van der Waals surface area contributed by atoms with Crippen LogP contribution in [0, 0.1) is 12.3 Å². The molecule has 1 atom stereocenters. The number of aryl methyl sites for hydroxylation is 1. The van der Waals surface area contributed by atoms with Gasteiger partial charge in [0.2, 0.25) is 0 Å². The number of amides is 1. The van der Waals surface area contributed by atoms with E-state index in [9.17, 15) is 4.79 Å². The predicted octanol–water partition coefficient (Wildman–Crippen LogP) is 3.30. The van der Waals surface area contributed by atoms with Crippen molar-refractivity contribution >= 4 is 5.91 Å². The highest BCUT2D eigenvalue weighted by molar-refractivity contribution is 5.94. The average Bonchev–Trinajstić information content (AvgIpc) is 2.58. The molecule has 0 heterocycles. The van der Waals surface area contributed by atoms with Gasteiger partial charge in [-0.3, -0.25) is 4.79 Å². The van der Waals surface area contributed by atoms with Gasteiger partial charge in [0.05, 0.1) is 0 Å². The minimum absolute atomic E-state index is 0.0661. The summed E-state index contributed by atoms with van der Waals surface area (Å²) in [6.07, 6.45) is 3.39. The highest BCUT2D eigenvalue weighted by Gasteiger charge is 2.31. The molecule has 2 rings (SSSR count). The van der Waals surface area contributed by atoms with Crippen molar-refractivity contribution in [1.82, 2.24) is 5.32 Å². The standard InChI is InChI=1S/C15H21NO/c1-11-5-4-6-12(9-11)14(17)16-13-7-8-15(2,3)10-13/h4-6,9,13H,7-8,10H2,1-3H3,(H,16,17). The maximum absolute atomic E-state index is 12.1. The summed E-state index contributed by atoms with van der Waals surface area (Å²) in [4.78, 5) is 12.1. The summed E-state index contributed by atoms with van der Waals surface area (Å²) in [7, 11) is 0. The Balaban J connectivity index is 1.98. The van der Waals surface area contributed by atoms with Gasteiger partial charge in [-0.15, -0.1) is 0 Å². The minimum Gasteiger partial charge on any atom is -0.349 e. The third kappa shape index (κ3) is 3.09. The van der Waals surface area contributed by atoms with E-state index in [1.165, 1.54) is 6.42 Å². The van der Waals surface area contributed by atoms with Crippen LogP contribution in [0.3, 0.4) is 0 Å². The van der Waals surface area contributed by atoms with Crippen LogP contribution in [0.4, 0.5) is 0 Å². The number of nitrogens with one attached hydrogen (secondary N) is 1. The fourth-order valence-electron chi connectivity index (χ4n) is 2.61. The number of rotatable bonds is 2. The molecule has 1 aliphatic rings. The van der Waals surface area contributed by atoms with E-state index in [1.54, 1.807) is 0 Å². The molecule has 1 aromatic carbocycles. The van der Waals surface area contributed by atoms with Gasteiger partial charge < -0.3 is 5.32 Å². The molecule has 1 unspecified atom stereocenters. The van der Waals surface area contributed by atoms with Crippen molar-refractivity contribution in [3.05, 3.63) is 35.4 Å². The average molecular weight is 231 g/mol. The molecule has 2 heteroatoms. The van der Waals surface area contributed by atoms with Gasteiger partial charge in [0.1, 0.15) is 0 Å². The summed E-state index contributed by atoms with van der Waals surface area (Å²) in [6, 6.07) is 8.11. The van der Waals surface area contributed by atoms with E-state index < -0.39 is 0 Å². The lowest BCUT2D eigenvalue weighted by molar-refractivity contribution is 0.0936. The highest BCUT2D eigenvalue weighted by Crippen LogP contribution is 2.36. The predicted molar refractivity (Wildman–Crippen MR) is 70.1 cm³/mol. The molecular formula is C15H21NO. The molecule has 1 aromatic rings. The van der Waals surface area contributed by atoms with E-state index in [1.807, 2.05) is 31.2 Å². The van der Waals surface area contributed by atoms with Crippen LogP contribution in [0.15, 0.2) is 24.3 Å². The van der Waals surface area contributed by atoms with Gasteiger partial charge in [-0.2, -0.15) is 0 Å². The topological polar surface area (TPSA) is 29.1 Å². The Morgan fingerprint density at radius 1 is 1.41 bits per heavy atom. The summed E-state index contributed by atoms with van der Waals surface area (Å²) in [5.74, 6) is 0.0661. The Morgan fingerprint density at radius 3 is 2.76 bits per heavy atom. The molecule has 0 radical (unpaired) electrons. The molecule has 0 aromatic heterocycles. The van der Waals surface area contributed by atoms with E-state index in [0.717, 1.165) is 24.0 Å². The second kappa shape index (κ2) is 4.52. The Labute approximate surface area is 103 Å². The first kappa shape index (κ1) is 12.2. The number of carbonyl (C=O) groups excluding carboxylic acids is 1. The molecule has 2 nitrogen and oxygen atoms in total. The summed E-state index contributed by atoms with van der Waals surface area (Å²) in [6.45, 7) is 6.55. The maximum atomic E-state index is 12.1. The smallest absolute Gasteiger partial charge is 0.251 e. The highest BCUT2D eigenvalue weighted by atomic mass is 16.1. The van der Waals surface area contributed by atoms with Crippen LogP contribution in [0.5, 0.6) is 0 Å². The summed E-state index contributed by atoms with van der Waals surface area (Å²) < 4.78 is 0. The van der Waals surface area contributed by atoms with Gasteiger partial charge in [-0.1, -0.05) is 31.5 Å². The van der Waals surface area contributed by atoms with Crippen molar-refractivity contribution in [1.29, 1.82) is 0 Å². The van der Waals surface area contributed by atoms with Crippen molar-refractivity contribution in [2.45, 2.75) is 46.1 Å². The largest absolute Gasteiger partial charge is 0.349 e. The van der Waals surface area contributed by atoms with Crippen LogP contribution in [0.25, 0.3) is 0 Å². The van der Waals surface area contributed by atoms with Gasteiger partial charge in [0, 0.05) is 11.6 Å². The molecule has 1 fully saturated rings. The molecule has 1 saturated carbocycles. The van der Waals surface area contributed by atoms with Gasteiger partial charge >= 0.3 is 0 Å². The monoisotopic (exact) mass is 231 g/mol. The number of hydrogen-bond donors (Lipinski definition) is 1. The van der Waals surface area contributed by atoms with Crippen molar-refractivity contribution in [2.24, 2.45) is 5.41 Å². The molecule has 0 bridgehead atoms. The molecule has 92 valence electrons. The lowest BCUT2D eigenvalue weighted by Crippen LogP contribution is -2.33. The minimum atomic E-state index is 0.0661. The lowest BCUT2D eigenvalue weighted by Gasteiger charge is -2.18.